The van der Waals surface area contributed by atoms with Crippen molar-refractivity contribution in [2.75, 3.05) is 40.0 Å². The van der Waals surface area contributed by atoms with E-state index in [4.69, 9.17) is 9.47 Å². The summed E-state index contributed by atoms with van der Waals surface area (Å²) < 4.78 is 9.99. The van der Waals surface area contributed by atoms with Crippen molar-refractivity contribution in [2.45, 2.75) is 19.4 Å². The smallest absolute Gasteiger partial charge is 0.246 e. The number of hydrogen-bond acceptors (Lipinski definition) is 4. The predicted octanol–water partition coefficient (Wildman–Crippen LogP) is -0.236. The van der Waals surface area contributed by atoms with E-state index in [1.54, 1.807) is 7.11 Å². The third kappa shape index (κ3) is 4.92. The molecule has 0 bridgehead atoms. The fourth-order valence-electron chi connectivity index (χ4n) is 1.78. The van der Waals surface area contributed by atoms with Gasteiger partial charge in [0.1, 0.15) is 6.61 Å². The molecule has 1 rings (SSSR count). The number of nitrogens with one attached hydrogen (secondary N) is 2. The molecule has 1 aliphatic heterocycles. The molecule has 94 valence electrons. The first kappa shape index (κ1) is 13.4. The van der Waals surface area contributed by atoms with Gasteiger partial charge in [0.2, 0.25) is 5.91 Å². The zero-order valence-electron chi connectivity index (χ0n) is 10.1. The Morgan fingerprint density at radius 3 is 3.00 bits per heavy atom. The van der Waals surface area contributed by atoms with Gasteiger partial charge < -0.3 is 20.1 Å². The van der Waals surface area contributed by atoms with Crippen molar-refractivity contribution in [2.24, 2.45) is 5.92 Å². The normalized spacial score (nSPS) is 25.4. The standard InChI is InChI=1S/C11H22N2O3/c1-9-7-12-4-3-10(9)13-11(14)8-16-6-5-15-2/h9-10,12H,3-8H2,1-2H3,(H,13,14). The van der Waals surface area contributed by atoms with E-state index >= 15 is 0 Å². The van der Waals surface area contributed by atoms with E-state index in [1.807, 2.05) is 0 Å². The van der Waals surface area contributed by atoms with Crippen LogP contribution in [0.5, 0.6) is 0 Å². The van der Waals surface area contributed by atoms with Crippen molar-refractivity contribution in [1.29, 1.82) is 0 Å². The van der Waals surface area contributed by atoms with E-state index in [1.165, 1.54) is 0 Å². The lowest BCUT2D eigenvalue weighted by molar-refractivity contribution is -0.127. The average molecular weight is 230 g/mol. The summed E-state index contributed by atoms with van der Waals surface area (Å²) in [5.74, 6) is 0.450. The second kappa shape index (κ2) is 7.60. The molecule has 5 heteroatoms. The number of carbonyl (C=O) groups excluding carboxylic acids is 1. The van der Waals surface area contributed by atoms with E-state index in [2.05, 4.69) is 17.6 Å². The molecule has 0 aromatic rings. The number of hydrogen-bond donors (Lipinski definition) is 2. The van der Waals surface area contributed by atoms with Crippen LogP contribution in [0.4, 0.5) is 0 Å². The van der Waals surface area contributed by atoms with Gasteiger partial charge >= 0.3 is 0 Å². The van der Waals surface area contributed by atoms with E-state index < -0.39 is 0 Å². The summed E-state index contributed by atoms with van der Waals surface area (Å²) in [6.45, 7) is 5.20. The highest BCUT2D eigenvalue weighted by molar-refractivity contribution is 5.77. The second-order valence-electron chi connectivity index (χ2n) is 4.19. The lowest BCUT2D eigenvalue weighted by atomic mass is 9.95. The predicted molar refractivity (Wildman–Crippen MR) is 61.3 cm³/mol. The molecule has 1 aliphatic rings. The van der Waals surface area contributed by atoms with Gasteiger partial charge in [0, 0.05) is 13.2 Å². The molecular weight excluding hydrogens is 208 g/mol. The Labute approximate surface area is 96.9 Å². The zero-order valence-corrected chi connectivity index (χ0v) is 10.1. The Morgan fingerprint density at radius 2 is 2.31 bits per heavy atom. The van der Waals surface area contributed by atoms with Gasteiger partial charge in [-0.1, -0.05) is 6.92 Å². The summed E-state index contributed by atoms with van der Waals surface area (Å²) in [6, 6.07) is 0.278. The fraction of sp³-hybridized carbons (Fsp3) is 0.909. The third-order valence-corrected chi connectivity index (χ3v) is 2.80. The van der Waals surface area contributed by atoms with Crippen LogP contribution in [0, 0.1) is 5.92 Å². The summed E-state index contributed by atoms with van der Waals surface area (Å²) in [6.07, 6.45) is 0.991. The first-order chi connectivity index (χ1) is 7.74. The highest BCUT2D eigenvalue weighted by Crippen LogP contribution is 2.09. The van der Waals surface area contributed by atoms with Crippen LogP contribution >= 0.6 is 0 Å². The zero-order chi connectivity index (χ0) is 11.8. The number of carbonyl (C=O) groups is 1. The maximum atomic E-state index is 11.5. The van der Waals surface area contributed by atoms with Crippen LogP contribution in [-0.4, -0.2) is 52.0 Å². The first-order valence-electron chi connectivity index (χ1n) is 5.80. The van der Waals surface area contributed by atoms with Crippen LogP contribution in [0.3, 0.4) is 0 Å². The molecule has 16 heavy (non-hydrogen) atoms. The van der Waals surface area contributed by atoms with Gasteiger partial charge in [0.15, 0.2) is 0 Å². The SMILES string of the molecule is COCCOCC(=O)NC1CCNCC1C. The number of rotatable bonds is 6. The van der Waals surface area contributed by atoms with Crippen molar-refractivity contribution < 1.29 is 14.3 Å². The Hall–Kier alpha value is -0.650. The van der Waals surface area contributed by atoms with E-state index in [0.717, 1.165) is 19.5 Å². The van der Waals surface area contributed by atoms with Gasteiger partial charge in [-0.3, -0.25) is 4.79 Å². The third-order valence-electron chi connectivity index (χ3n) is 2.80. The van der Waals surface area contributed by atoms with Gasteiger partial charge in [-0.05, 0) is 25.4 Å². The van der Waals surface area contributed by atoms with Crippen molar-refractivity contribution in [1.82, 2.24) is 10.6 Å². The number of ether oxygens (including phenoxy) is 2. The molecule has 0 saturated carbocycles. The summed E-state index contributed by atoms with van der Waals surface area (Å²) in [5.41, 5.74) is 0. The van der Waals surface area contributed by atoms with Crippen molar-refractivity contribution in [3.05, 3.63) is 0 Å². The van der Waals surface area contributed by atoms with Crippen LogP contribution in [0.2, 0.25) is 0 Å². The summed E-state index contributed by atoms with van der Waals surface area (Å²) in [7, 11) is 1.61. The quantitative estimate of drug-likeness (QED) is 0.619. The molecule has 1 amide bonds. The molecule has 0 aromatic carbocycles. The number of methoxy groups -OCH3 is 1. The van der Waals surface area contributed by atoms with E-state index in [9.17, 15) is 4.79 Å². The van der Waals surface area contributed by atoms with Crippen molar-refractivity contribution >= 4 is 5.91 Å². The Balaban J connectivity index is 2.12. The minimum atomic E-state index is -0.0325. The lowest BCUT2D eigenvalue weighted by Gasteiger charge is -2.30. The van der Waals surface area contributed by atoms with Crippen LogP contribution < -0.4 is 10.6 Å². The molecular formula is C11H22N2O3. The van der Waals surface area contributed by atoms with E-state index in [0.29, 0.717) is 19.1 Å². The monoisotopic (exact) mass is 230 g/mol. The molecule has 0 radical (unpaired) electrons. The Kier molecular flexibility index (Phi) is 6.37. The van der Waals surface area contributed by atoms with Gasteiger partial charge in [-0.2, -0.15) is 0 Å². The highest BCUT2D eigenvalue weighted by Gasteiger charge is 2.22. The molecule has 2 unspecified atom stereocenters. The average Bonchev–Trinajstić information content (AvgIpc) is 2.28. The largest absolute Gasteiger partial charge is 0.382 e. The van der Waals surface area contributed by atoms with Crippen LogP contribution in [0.15, 0.2) is 0 Å². The van der Waals surface area contributed by atoms with Crippen LogP contribution in [-0.2, 0) is 14.3 Å². The van der Waals surface area contributed by atoms with Gasteiger partial charge in [0.05, 0.1) is 13.2 Å². The molecule has 0 aliphatic carbocycles. The summed E-state index contributed by atoms with van der Waals surface area (Å²) in [5, 5.41) is 6.30. The second-order valence-corrected chi connectivity index (χ2v) is 4.19. The molecule has 1 fully saturated rings. The first-order valence-corrected chi connectivity index (χ1v) is 5.80. The van der Waals surface area contributed by atoms with Crippen LogP contribution in [0.1, 0.15) is 13.3 Å². The molecule has 1 heterocycles. The maximum Gasteiger partial charge on any atom is 0.246 e. The summed E-state index contributed by atoms with van der Waals surface area (Å²) >= 11 is 0. The van der Waals surface area contributed by atoms with Crippen molar-refractivity contribution in [3.8, 4) is 0 Å². The Bertz CT molecular complexity index is 211. The maximum absolute atomic E-state index is 11.5. The molecule has 2 N–H and O–H groups in total. The number of piperidine rings is 1. The topological polar surface area (TPSA) is 59.6 Å². The molecule has 0 aromatic heterocycles. The Morgan fingerprint density at radius 1 is 1.50 bits per heavy atom. The highest BCUT2D eigenvalue weighted by atomic mass is 16.5. The molecule has 5 nitrogen and oxygen atoms in total. The van der Waals surface area contributed by atoms with Gasteiger partial charge in [-0.25, -0.2) is 0 Å². The van der Waals surface area contributed by atoms with E-state index in [-0.39, 0.29) is 18.6 Å². The number of amides is 1. The minimum absolute atomic E-state index is 0.0325. The molecule has 1 saturated heterocycles. The minimum Gasteiger partial charge on any atom is -0.382 e. The summed E-state index contributed by atoms with van der Waals surface area (Å²) in [4.78, 5) is 11.5. The molecule has 2 atom stereocenters. The molecule has 0 spiro atoms. The fourth-order valence-corrected chi connectivity index (χ4v) is 1.78. The van der Waals surface area contributed by atoms with Gasteiger partial charge in [0.25, 0.3) is 0 Å². The lowest BCUT2D eigenvalue weighted by Crippen LogP contribution is -2.49. The van der Waals surface area contributed by atoms with Crippen molar-refractivity contribution in [3.63, 3.8) is 0 Å². The van der Waals surface area contributed by atoms with Crippen LogP contribution in [0.25, 0.3) is 0 Å². The van der Waals surface area contributed by atoms with Gasteiger partial charge in [-0.15, -0.1) is 0 Å².